The first-order valence-electron chi connectivity index (χ1n) is 10.4. The fourth-order valence-corrected chi connectivity index (χ4v) is 4.00. The summed E-state index contributed by atoms with van der Waals surface area (Å²) >= 11 is 0. The van der Waals surface area contributed by atoms with Gasteiger partial charge in [-0.2, -0.15) is 5.10 Å². The summed E-state index contributed by atoms with van der Waals surface area (Å²) in [4.78, 5) is 25.8. The number of anilines is 1. The van der Waals surface area contributed by atoms with Crippen LogP contribution < -0.4 is 5.73 Å². The minimum atomic E-state index is -0.329. The van der Waals surface area contributed by atoms with Crippen molar-refractivity contribution in [3.05, 3.63) is 71.3 Å². The molecule has 0 aliphatic heterocycles. The SMILES string of the molecule is Cc1nc2c3ccccc3nn2c(C)c1CCC(=O)OCc1nc(N)c2ccccc2n1. The van der Waals surface area contributed by atoms with Gasteiger partial charge in [0.1, 0.15) is 5.82 Å². The van der Waals surface area contributed by atoms with E-state index in [0.717, 1.165) is 44.4 Å². The Morgan fingerprint density at radius 2 is 1.69 bits per heavy atom. The maximum atomic E-state index is 12.4. The molecule has 0 amide bonds. The Morgan fingerprint density at radius 3 is 2.50 bits per heavy atom. The molecule has 5 rings (SSSR count). The third-order valence-corrected chi connectivity index (χ3v) is 5.64. The highest BCUT2D eigenvalue weighted by atomic mass is 16.5. The lowest BCUT2D eigenvalue weighted by Crippen LogP contribution is -2.11. The van der Waals surface area contributed by atoms with Crippen LogP contribution in [0.2, 0.25) is 0 Å². The Balaban J connectivity index is 1.30. The first kappa shape index (κ1) is 19.9. The molecule has 0 atom stereocenters. The number of nitrogen functional groups attached to an aromatic ring is 1. The predicted molar refractivity (Wildman–Crippen MR) is 122 cm³/mol. The van der Waals surface area contributed by atoms with Gasteiger partial charge in [0, 0.05) is 28.6 Å². The maximum Gasteiger partial charge on any atom is 0.306 e. The van der Waals surface area contributed by atoms with Crippen LogP contribution in [0.25, 0.3) is 27.5 Å². The van der Waals surface area contributed by atoms with Gasteiger partial charge in [-0.1, -0.05) is 24.3 Å². The first-order chi connectivity index (χ1) is 15.5. The molecule has 8 heteroatoms. The van der Waals surface area contributed by atoms with Gasteiger partial charge in [0.25, 0.3) is 0 Å². The number of ether oxygens (including phenoxy) is 1. The second-order valence-corrected chi connectivity index (χ2v) is 7.72. The quantitative estimate of drug-likeness (QED) is 0.427. The van der Waals surface area contributed by atoms with E-state index in [1.807, 2.05) is 66.9 Å². The third kappa shape index (κ3) is 3.49. The Morgan fingerprint density at radius 1 is 0.969 bits per heavy atom. The van der Waals surface area contributed by atoms with Gasteiger partial charge >= 0.3 is 5.97 Å². The smallest absolute Gasteiger partial charge is 0.306 e. The highest BCUT2D eigenvalue weighted by molar-refractivity contribution is 5.92. The highest BCUT2D eigenvalue weighted by Crippen LogP contribution is 2.23. The number of carbonyl (C=O) groups is 1. The van der Waals surface area contributed by atoms with E-state index < -0.39 is 0 Å². The number of hydrogen-bond acceptors (Lipinski definition) is 7. The summed E-state index contributed by atoms with van der Waals surface area (Å²) < 4.78 is 7.26. The number of benzene rings is 2. The maximum absolute atomic E-state index is 12.4. The second kappa shape index (κ2) is 7.88. The van der Waals surface area contributed by atoms with Gasteiger partial charge in [-0.3, -0.25) is 4.79 Å². The van der Waals surface area contributed by atoms with Crippen molar-refractivity contribution in [1.29, 1.82) is 0 Å². The van der Waals surface area contributed by atoms with E-state index in [1.165, 1.54) is 0 Å². The van der Waals surface area contributed by atoms with Crippen molar-refractivity contribution in [3.8, 4) is 0 Å². The molecule has 0 bridgehead atoms. The monoisotopic (exact) mass is 426 g/mol. The average molecular weight is 426 g/mol. The van der Waals surface area contributed by atoms with Gasteiger partial charge < -0.3 is 10.5 Å². The molecular weight excluding hydrogens is 404 g/mol. The van der Waals surface area contributed by atoms with Crippen molar-refractivity contribution in [2.45, 2.75) is 33.3 Å². The molecule has 32 heavy (non-hydrogen) atoms. The molecule has 3 aromatic heterocycles. The van der Waals surface area contributed by atoms with Crippen molar-refractivity contribution in [2.24, 2.45) is 0 Å². The van der Waals surface area contributed by atoms with Crippen LogP contribution in [0.1, 0.15) is 29.2 Å². The first-order valence-corrected chi connectivity index (χ1v) is 10.4. The molecule has 0 saturated carbocycles. The normalized spacial score (nSPS) is 11.4. The van der Waals surface area contributed by atoms with Crippen molar-refractivity contribution in [1.82, 2.24) is 24.6 Å². The number of nitrogens with two attached hydrogens (primary N) is 1. The molecule has 8 nitrogen and oxygen atoms in total. The lowest BCUT2D eigenvalue weighted by Gasteiger charge is -2.11. The molecular formula is C24H22N6O2. The zero-order valence-corrected chi connectivity index (χ0v) is 17.9. The molecule has 0 unspecified atom stereocenters. The van der Waals surface area contributed by atoms with Gasteiger partial charge in [-0.25, -0.2) is 19.5 Å². The molecule has 0 aliphatic carbocycles. The fourth-order valence-electron chi connectivity index (χ4n) is 4.00. The molecule has 5 aromatic rings. The van der Waals surface area contributed by atoms with Crippen molar-refractivity contribution >= 4 is 39.2 Å². The van der Waals surface area contributed by atoms with Crippen LogP contribution in [-0.4, -0.2) is 30.5 Å². The number of aryl methyl sites for hydroxylation is 2. The van der Waals surface area contributed by atoms with Crippen LogP contribution in [0.15, 0.2) is 48.5 Å². The van der Waals surface area contributed by atoms with Crippen LogP contribution in [0.3, 0.4) is 0 Å². The summed E-state index contributed by atoms with van der Waals surface area (Å²) in [6.45, 7) is 3.94. The van der Waals surface area contributed by atoms with Crippen LogP contribution in [0.4, 0.5) is 5.82 Å². The molecule has 0 saturated heterocycles. The lowest BCUT2D eigenvalue weighted by atomic mass is 10.1. The summed E-state index contributed by atoms with van der Waals surface area (Å²) in [5.41, 5.74) is 11.3. The molecule has 0 spiro atoms. The van der Waals surface area contributed by atoms with E-state index in [2.05, 4.69) is 15.1 Å². The number of esters is 1. The summed E-state index contributed by atoms with van der Waals surface area (Å²) in [5.74, 6) is 0.428. The Hall–Kier alpha value is -4.07. The van der Waals surface area contributed by atoms with Crippen molar-refractivity contribution in [3.63, 3.8) is 0 Å². The van der Waals surface area contributed by atoms with E-state index in [9.17, 15) is 4.79 Å². The van der Waals surface area contributed by atoms with Crippen molar-refractivity contribution < 1.29 is 9.53 Å². The van der Waals surface area contributed by atoms with E-state index in [4.69, 9.17) is 15.5 Å². The number of para-hydroxylation sites is 1. The lowest BCUT2D eigenvalue weighted by molar-refractivity contribution is -0.145. The van der Waals surface area contributed by atoms with E-state index in [0.29, 0.717) is 18.1 Å². The van der Waals surface area contributed by atoms with Crippen LogP contribution >= 0.6 is 0 Å². The third-order valence-electron chi connectivity index (χ3n) is 5.64. The molecule has 2 N–H and O–H groups in total. The number of hydrogen-bond donors (Lipinski definition) is 1. The molecule has 0 radical (unpaired) electrons. The summed E-state index contributed by atoms with van der Waals surface area (Å²) in [5, 5.41) is 6.46. The topological polar surface area (TPSA) is 108 Å². The Bertz CT molecular complexity index is 1490. The van der Waals surface area contributed by atoms with E-state index in [-0.39, 0.29) is 19.0 Å². The number of carbonyl (C=O) groups excluding carboxylic acids is 1. The van der Waals surface area contributed by atoms with Gasteiger partial charge in [-0.15, -0.1) is 0 Å². The largest absolute Gasteiger partial charge is 0.457 e. The van der Waals surface area contributed by atoms with Crippen LogP contribution in [0.5, 0.6) is 0 Å². The minimum absolute atomic E-state index is 0.0202. The van der Waals surface area contributed by atoms with Gasteiger partial charge in [-0.05, 0) is 50.1 Å². The standard InChI is InChI=1S/C24H22N6O2/c1-14-16(15(2)30-24(26-14)18-8-4-6-10-20(18)29-30)11-12-22(31)32-13-21-27-19-9-5-3-7-17(19)23(25)28-21/h3-10H,11-13H2,1-2H3,(H2,25,27,28). The number of rotatable bonds is 5. The fraction of sp³-hybridized carbons (Fsp3) is 0.208. The van der Waals surface area contributed by atoms with E-state index in [1.54, 1.807) is 0 Å². The summed E-state index contributed by atoms with van der Waals surface area (Å²) in [6.07, 6.45) is 0.731. The number of nitrogens with zero attached hydrogens (tertiary/aromatic N) is 5. The highest BCUT2D eigenvalue weighted by Gasteiger charge is 2.16. The molecule has 160 valence electrons. The van der Waals surface area contributed by atoms with Crippen LogP contribution in [-0.2, 0) is 22.6 Å². The molecule has 3 heterocycles. The van der Waals surface area contributed by atoms with Crippen molar-refractivity contribution in [2.75, 3.05) is 5.73 Å². The minimum Gasteiger partial charge on any atom is -0.457 e. The van der Waals surface area contributed by atoms with Gasteiger partial charge in [0.15, 0.2) is 18.1 Å². The number of fused-ring (bicyclic) bond motifs is 4. The summed E-state index contributed by atoms with van der Waals surface area (Å²) in [6, 6.07) is 15.4. The molecule has 2 aromatic carbocycles. The van der Waals surface area contributed by atoms with Crippen LogP contribution in [0, 0.1) is 13.8 Å². The predicted octanol–water partition coefficient (Wildman–Crippen LogP) is 3.70. The zero-order chi connectivity index (χ0) is 22.2. The zero-order valence-electron chi connectivity index (χ0n) is 17.9. The Labute approximate surface area is 184 Å². The molecule has 0 fully saturated rings. The Kier molecular flexibility index (Phi) is 4.89. The number of aromatic nitrogens is 5. The van der Waals surface area contributed by atoms with Gasteiger partial charge in [0.05, 0.1) is 11.0 Å². The second-order valence-electron chi connectivity index (χ2n) is 7.72. The van der Waals surface area contributed by atoms with E-state index >= 15 is 0 Å². The molecule has 0 aliphatic rings. The van der Waals surface area contributed by atoms with Gasteiger partial charge in [0.2, 0.25) is 0 Å². The average Bonchev–Trinajstić information content (AvgIpc) is 3.16. The summed E-state index contributed by atoms with van der Waals surface area (Å²) in [7, 11) is 0.